The molecule has 0 amide bonds. The summed E-state index contributed by atoms with van der Waals surface area (Å²) in [6.45, 7) is 13.4. The largest absolute Gasteiger partial charge is 0.494 e. The zero-order chi connectivity index (χ0) is 30.9. The van der Waals surface area contributed by atoms with E-state index in [1.807, 2.05) is 0 Å². The van der Waals surface area contributed by atoms with E-state index in [2.05, 4.69) is 120 Å². The molecular weight excluding hydrogens is 551 g/mol. The van der Waals surface area contributed by atoms with E-state index in [0.717, 1.165) is 45.2 Å². The summed E-state index contributed by atoms with van der Waals surface area (Å²) in [4.78, 5) is 0. The summed E-state index contributed by atoms with van der Waals surface area (Å²) in [6.07, 6.45) is 5.47. The van der Waals surface area contributed by atoms with Gasteiger partial charge in [0.2, 0.25) is 0 Å². The molecule has 2 heterocycles. The lowest BCUT2D eigenvalue weighted by atomic mass is 9.49. The van der Waals surface area contributed by atoms with E-state index in [4.69, 9.17) is 13.7 Å². The van der Waals surface area contributed by atoms with E-state index < -0.39 is 7.12 Å². The van der Waals surface area contributed by atoms with E-state index >= 15 is 0 Å². The first-order valence-electron chi connectivity index (χ1n) is 17.1. The van der Waals surface area contributed by atoms with E-state index in [9.17, 15) is 0 Å². The fourth-order valence-corrected chi connectivity index (χ4v) is 10.0. The van der Waals surface area contributed by atoms with Gasteiger partial charge in [0, 0.05) is 16.2 Å². The number of rotatable bonds is 2. The molecule has 5 aromatic rings. The first kappa shape index (κ1) is 27.9. The third-order valence-corrected chi connectivity index (χ3v) is 12.6. The van der Waals surface area contributed by atoms with Gasteiger partial charge in [0.25, 0.3) is 0 Å². The molecule has 1 aliphatic heterocycles. The zero-order valence-electron chi connectivity index (χ0n) is 27.4. The van der Waals surface area contributed by atoms with Crippen molar-refractivity contribution in [1.82, 2.24) is 0 Å². The first-order valence-corrected chi connectivity index (χ1v) is 17.1. The molecule has 0 radical (unpaired) electrons. The van der Waals surface area contributed by atoms with Gasteiger partial charge in [0.05, 0.1) is 11.2 Å². The van der Waals surface area contributed by atoms with Crippen LogP contribution in [0, 0.1) is 23.7 Å². The van der Waals surface area contributed by atoms with Crippen molar-refractivity contribution in [2.24, 2.45) is 23.7 Å². The summed E-state index contributed by atoms with van der Waals surface area (Å²) >= 11 is 0. The summed E-state index contributed by atoms with van der Waals surface area (Å²) in [5, 5.41) is 2.22. The van der Waals surface area contributed by atoms with E-state index in [1.54, 1.807) is 11.1 Å². The lowest BCUT2D eigenvalue weighted by molar-refractivity contribution is 0.00578. The zero-order valence-corrected chi connectivity index (χ0v) is 27.4. The van der Waals surface area contributed by atoms with Crippen LogP contribution in [0.2, 0.25) is 0 Å². The summed E-state index contributed by atoms with van der Waals surface area (Å²) in [6, 6.07) is 29.7. The second-order valence-corrected chi connectivity index (χ2v) is 15.8. The fraction of sp³-hybridized carbons (Fsp3) is 0.415. The van der Waals surface area contributed by atoms with Crippen LogP contribution >= 0.6 is 0 Å². The molecule has 5 unspecified atom stereocenters. The van der Waals surface area contributed by atoms with E-state index in [-0.39, 0.29) is 16.6 Å². The van der Waals surface area contributed by atoms with Gasteiger partial charge in [-0.1, -0.05) is 68.4 Å². The SMILES string of the molecule is CC1CC2CC(C)C3(c4ccccc4-c4cc(-c5ccc6oc7ccc(B8OC(C)(C)C(C)(C)O8)cc7c6c5)ccc43)C(C1)C2. The van der Waals surface area contributed by atoms with Crippen LogP contribution in [-0.4, -0.2) is 18.3 Å². The van der Waals surface area contributed by atoms with Gasteiger partial charge < -0.3 is 13.7 Å². The summed E-state index contributed by atoms with van der Waals surface area (Å²) in [5.41, 5.74) is 10.7. The minimum atomic E-state index is -0.402. The Bertz CT molecular complexity index is 1980. The van der Waals surface area contributed by atoms with Gasteiger partial charge in [-0.15, -0.1) is 0 Å². The molecule has 1 saturated heterocycles. The van der Waals surface area contributed by atoms with Crippen molar-refractivity contribution < 1.29 is 13.7 Å². The molecule has 45 heavy (non-hydrogen) atoms. The Hall–Kier alpha value is -3.34. The van der Waals surface area contributed by atoms with Gasteiger partial charge >= 0.3 is 7.12 Å². The van der Waals surface area contributed by atoms with Crippen LogP contribution in [0.4, 0.5) is 0 Å². The summed E-state index contributed by atoms with van der Waals surface area (Å²) < 4.78 is 19.1. The highest BCUT2D eigenvalue weighted by Crippen LogP contribution is 2.64. The maximum absolute atomic E-state index is 6.39. The van der Waals surface area contributed by atoms with Gasteiger partial charge in [0.1, 0.15) is 11.2 Å². The average Bonchev–Trinajstić information content (AvgIpc) is 3.59. The molecule has 3 aliphatic carbocycles. The Morgan fingerprint density at radius 3 is 2.11 bits per heavy atom. The maximum atomic E-state index is 6.39. The number of hydrogen-bond donors (Lipinski definition) is 0. The van der Waals surface area contributed by atoms with E-state index in [1.165, 1.54) is 47.9 Å². The van der Waals surface area contributed by atoms with Crippen LogP contribution in [-0.2, 0) is 14.7 Å². The molecule has 5 atom stereocenters. The van der Waals surface area contributed by atoms with Crippen LogP contribution < -0.4 is 5.46 Å². The Kier molecular flexibility index (Phi) is 5.81. The van der Waals surface area contributed by atoms with Crippen LogP contribution in [0.15, 0.2) is 83.3 Å². The molecule has 2 bridgehead atoms. The smallest absolute Gasteiger partial charge is 0.456 e. The monoisotopic (exact) mass is 594 g/mol. The molecule has 1 spiro atoms. The van der Waals surface area contributed by atoms with Gasteiger partial charge in [-0.05, 0) is 140 Å². The van der Waals surface area contributed by atoms with Crippen LogP contribution in [0.3, 0.4) is 0 Å². The molecular formula is C41H43BO3. The lowest BCUT2D eigenvalue weighted by Gasteiger charge is -2.54. The van der Waals surface area contributed by atoms with Gasteiger partial charge in [-0.2, -0.15) is 0 Å². The minimum Gasteiger partial charge on any atom is -0.456 e. The van der Waals surface area contributed by atoms with Crippen LogP contribution in [0.25, 0.3) is 44.2 Å². The Balaban J connectivity index is 1.15. The van der Waals surface area contributed by atoms with Crippen molar-refractivity contribution >= 4 is 34.5 Å². The average molecular weight is 595 g/mol. The molecule has 2 saturated carbocycles. The van der Waals surface area contributed by atoms with Crippen molar-refractivity contribution in [1.29, 1.82) is 0 Å². The molecule has 4 heteroatoms. The third-order valence-electron chi connectivity index (χ3n) is 12.6. The number of fused-ring (bicyclic) bond motifs is 11. The molecule has 228 valence electrons. The summed E-state index contributed by atoms with van der Waals surface area (Å²) in [7, 11) is -0.402. The Morgan fingerprint density at radius 2 is 1.31 bits per heavy atom. The normalized spacial score (nSPS) is 29.4. The van der Waals surface area contributed by atoms with Crippen molar-refractivity contribution in [3.63, 3.8) is 0 Å². The highest BCUT2D eigenvalue weighted by atomic mass is 16.7. The van der Waals surface area contributed by atoms with Gasteiger partial charge in [-0.25, -0.2) is 0 Å². The number of furan rings is 1. The molecule has 4 aliphatic rings. The van der Waals surface area contributed by atoms with Crippen molar-refractivity contribution in [3.8, 4) is 22.3 Å². The third kappa shape index (κ3) is 3.85. The van der Waals surface area contributed by atoms with Crippen molar-refractivity contribution in [2.75, 3.05) is 0 Å². The minimum absolute atomic E-state index is 0.129. The lowest BCUT2D eigenvalue weighted by Crippen LogP contribution is -2.49. The Morgan fingerprint density at radius 1 is 0.644 bits per heavy atom. The fourth-order valence-electron chi connectivity index (χ4n) is 10.0. The second kappa shape index (κ2) is 9.36. The predicted octanol–water partition coefficient (Wildman–Crippen LogP) is 9.91. The Labute approximate surface area is 267 Å². The van der Waals surface area contributed by atoms with Crippen molar-refractivity contribution in [3.05, 3.63) is 90.0 Å². The molecule has 3 fully saturated rings. The molecule has 3 nitrogen and oxygen atoms in total. The molecule has 1 aromatic heterocycles. The highest BCUT2D eigenvalue weighted by Gasteiger charge is 2.56. The topological polar surface area (TPSA) is 31.6 Å². The second-order valence-electron chi connectivity index (χ2n) is 15.8. The van der Waals surface area contributed by atoms with E-state index in [0.29, 0.717) is 5.92 Å². The number of benzene rings is 4. The maximum Gasteiger partial charge on any atom is 0.494 e. The quantitative estimate of drug-likeness (QED) is 0.191. The van der Waals surface area contributed by atoms with Crippen LogP contribution in [0.5, 0.6) is 0 Å². The summed E-state index contributed by atoms with van der Waals surface area (Å²) in [5.74, 6) is 3.07. The van der Waals surface area contributed by atoms with Crippen LogP contribution in [0.1, 0.15) is 78.4 Å². The molecule has 0 N–H and O–H groups in total. The highest BCUT2D eigenvalue weighted by molar-refractivity contribution is 6.62. The first-order chi connectivity index (χ1) is 21.5. The standard InChI is InChI=1S/C41H43BO3/c1-24-17-26-19-25(2)41(29(18-24)20-26)35-10-8-7-9-31(35)32-21-27(11-14-36(32)41)28-12-15-37-33(22-28)34-23-30(13-16-38(34)43-37)42-44-39(3,4)40(5,6)45-42/h7-16,21-26,29H,17-20H2,1-6H3. The predicted molar refractivity (Wildman–Crippen MR) is 185 cm³/mol. The van der Waals surface area contributed by atoms with Gasteiger partial charge in [0.15, 0.2) is 0 Å². The number of hydrogen-bond acceptors (Lipinski definition) is 3. The molecule has 9 rings (SSSR count). The van der Waals surface area contributed by atoms with Gasteiger partial charge in [-0.3, -0.25) is 0 Å². The van der Waals surface area contributed by atoms with Crippen molar-refractivity contribution in [2.45, 2.75) is 83.8 Å². The molecule has 4 aromatic carbocycles.